The van der Waals surface area contributed by atoms with E-state index < -0.39 is 23.1 Å². The van der Waals surface area contributed by atoms with E-state index in [-0.39, 0.29) is 40.7 Å². The summed E-state index contributed by atoms with van der Waals surface area (Å²) in [5, 5.41) is 11.7. The van der Waals surface area contributed by atoms with Gasteiger partial charge in [0, 0.05) is 30.8 Å². The maximum absolute atomic E-state index is 12.5. The predicted octanol–water partition coefficient (Wildman–Crippen LogP) is 5.17. The minimum absolute atomic E-state index is 0.00701. The maximum Gasteiger partial charge on any atom is 0.335 e. The second kappa shape index (κ2) is 7.84. The number of carbonyl (C=O) groups excluding carboxylic acids is 2. The van der Waals surface area contributed by atoms with Gasteiger partial charge in [0.1, 0.15) is 11.4 Å². The van der Waals surface area contributed by atoms with Crippen LogP contribution in [0.2, 0.25) is 0 Å². The molecule has 2 bridgehead atoms. The summed E-state index contributed by atoms with van der Waals surface area (Å²) >= 11 is 0. The fourth-order valence-corrected chi connectivity index (χ4v) is 9.18. The first-order valence-corrected chi connectivity index (χ1v) is 14.2. The Balaban J connectivity index is 1.35. The minimum atomic E-state index is -1.45. The average molecular weight is 515 g/mol. The van der Waals surface area contributed by atoms with Crippen LogP contribution >= 0.6 is 0 Å². The number of hydrogen-bond donors (Lipinski definition) is 1. The SMILES string of the molecule is C[C@@H]1C[C@]2(C[C@@H](C)C3[C@@H](C[C@@]4(C)CCC[C@@H]5C6=C[C@](O)(CC[C@]34C)OC6=CC(=O)OC5(C)C)O2)OC1=O. The van der Waals surface area contributed by atoms with Crippen LogP contribution in [-0.2, 0) is 28.5 Å². The van der Waals surface area contributed by atoms with Gasteiger partial charge in [-0.05, 0) is 68.3 Å². The van der Waals surface area contributed by atoms with Gasteiger partial charge in [-0.1, -0.05) is 34.1 Å². The first-order chi connectivity index (χ1) is 17.2. The molecule has 37 heavy (non-hydrogen) atoms. The van der Waals surface area contributed by atoms with Crippen LogP contribution in [-0.4, -0.2) is 40.3 Å². The third-order valence-electron chi connectivity index (χ3n) is 11.1. The van der Waals surface area contributed by atoms with Gasteiger partial charge >= 0.3 is 11.9 Å². The minimum Gasteiger partial charge on any atom is -0.458 e. The summed E-state index contributed by atoms with van der Waals surface area (Å²) < 4.78 is 24.6. The van der Waals surface area contributed by atoms with Gasteiger partial charge in [0.2, 0.25) is 11.6 Å². The van der Waals surface area contributed by atoms with Crippen molar-refractivity contribution in [3.8, 4) is 0 Å². The lowest BCUT2D eigenvalue weighted by atomic mass is 9.57. The summed E-state index contributed by atoms with van der Waals surface area (Å²) in [7, 11) is 0. The smallest absolute Gasteiger partial charge is 0.335 e. The molecule has 204 valence electrons. The van der Waals surface area contributed by atoms with Crippen molar-refractivity contribution in [3.63, 3.8) is 0 Å². The molecule has 4 heterocycles. The summed E-state index contributed by atoms with van der Waals surface area (Å²) in [6, 6.07) is 0. The first kappa shape index (κ1) is 25.4. The number of ether oxygens (including phenoxy) is 4. The Morgan fingerprint density at radius 2 is 1.70 bits per heavy atom. The topological polar surface area (TPSA) is 91.3 Å². The second-order valence-corrected chi connectivity index (χ2v) is 14.0. The number of esters is 2. The highest BCUT2D eigenvalue weighted by Crippen LogP contribution is 2.67. The summed E-state index contributed by atoms with van der Waals surface area (Å²) in [5.41, 5.74) is 0.0663. The molecule has 3 fully saturated rings. The Morgan fingerprint density at radius 3 is 2.41 bits per heavy atom. The second-order valence-electron chi connectivity index (χ2n) is 14.0. The molecule has 0 aromatic heterocycles. The quantitative estimate of drug-likeness (QED) is 0.446. The molecule has 0 aromatic carbocycles. The van der Waals surface area contributed by atoms with Crippen molar-refractivity contribution in [1.82, 2.24) is 0 Å². The van der Waals surface area contributed by atoms with E-state index in [4.69, 9.17) is 18.9 Å². The highest BCUT2D eigenvalue weighted by Gasteiger charge is 2.66. The molecule has 6 rings (SSSR count). The lowest BCUT2D eigenvalue weighted by Crippen LogP contribution is -2.51. The van der Waals surface area contributed by atoms with Crippen molar-refractivity contribution in [2.24, 2.45) is 34.5 Å². The fraction of sp³-hybridized carbons (Fsp3) is 0.800. The van der Waals surface area contributed by atoms with Gasteiger partial charge in [-0.15, -0.1) is 0 Å². The largest absolute Gasteiger partial charge is 0.458 e. The molecule has 2 saturated heterocycles. The zero-order valence-corrected chi connectivity index (χ0v) is 23.1. The zero-order valence-electron chi connectivity index (χ0n) is 23.1. The molecule has 6 aliphatic rings. The number of allylic oxidation sites excluding steroid dienone is 1. The van der Waals surface area contributed by atoms with Crippen molar-refractivity contribution in [2.45, 2.75) is 116 Å². The Bertz CT molecular complexity index is 1090. The normalized spacial score (nSPS) is 50.5. The van der Waals surface area contributed by atoms with Crippen molar-refractivity contribution in [3.05, 3.63) is 23.5 Å². The van der Waals surface area contributed by atoms with Gasteiger partial charge in [-0.2, -0.15) is 0 Å². The van der Waals surface area contributed by atoms with Crippen LogP contribution < -0.4 is 0 Å². The van der Waals surface area contributed by atoms with Gasteiger partial charge < -0.3 is 24.1 Å². The molecule has 4 aliphatic heterocycles. The van der Waals surface area contributed by atoms with E-state index in [1.165, 1.54) is 6.08 Å². The third kappa shape index (κ3) is 3.74. The Kier molecular flexibility index (Phi) is 5.39. The summed E-state index contributed by atoms with van der Waals surface area (Å²) in [4.78, 5) is 24.8. The third-order valence-corrected chi connectivity index (χ3v) is 11.1. The Morgan fingerprint density at radius 1 is 0.946 bits per heavy atom. The lowest BCUT2D eigenvalue weighted by molar-refractivity contribution is -0.276. The van der Waals surface area contributed by atoms with Gasteiger partial charge in [-0.3, -0.25) is 4.79 Å². The first-order valence-electron chi connectivity index (χ1n) is 14.2. The summed E-state index contributed by atoms with van der Waals surface area (Å²) in [6.07, 6.45) is 9.51. The van der Waals surface area contributed by atoms with Crippen molar-refractivity contribution < 1.29 is 33.6 Å². The van der Waals surface area contributed by atoms with Crippen LogP contribution in [0.5, 0.6) is 0 Å². The van der Waals surface area contributed by atoms with Crippen LogP contribution in [0.1, 0.15) is 92.9 Å². The molecule has 9 atom stereocenters. The van der Waals surface area contributed by atoms with Crippen LogP contribution in [0, 0.1) is 34.5 Å². The Labute approximate surface area is 219 Å². The molecule has 1 saturated carbocycles. The number of rotatable bonds is 0. The standard InChI is InChI=1S/C30H42O7/c1-17-13-30(14-18(2)25(32)37-30)35-22-16-27(5)9-7-8-20-19-15-29(33,11-10-28(27,6)24(17)22)34-21(19)12-23(31)36-26(20,3)4/h12,15,17-18,20,22,24,33H,7-11,13-14,16H2,1-6H3/t17-,18-,20-,22-,24?,27-,28-,29+,30+/m1/s1. The molecule has 0 radical (unpaired) electrons. The van der Waals surface area contributed by atoms with E-state index in [1.807, 2.05) is 26.8 Å². The predicted molar refractivity (Wildman–Crippen MR) is 135 cm³/mol. The highest BCUT2D eigenvalue weighted by molar-refractivity contribution is 5.84. The monoisotopic (exact) mass is 514 g/mol. The molecule has 0 amide bonds. The van der Waals surface area contributed by atoms with E-state index in [0.29, 0.717) is 30.9 Å². The molecule has 1 unspecified atom stereocenters. The van der Waals surface area contributed by atoms with Crippen LogP contribution in [0.3, 0.4) is 0 Å². The number of hydrogen-bond acceptors (Lipinski definition) is 7. The molecule has 2 aliphatic carbocycles. The molecular formula is C30H42O7. The van der Waals surface area contributed by atoms with E-state index in [0.717, 1.165) is 37.7 Å². The van der Waals surface area contributed by atoms with Gasteiger partial charge in [0.05, 0.1) is 18.1 Å². The number of cyclic esters (lactones) is 1. The van der Waals surface area contributed by atoms with Crippen LogP contribution in [0.25, 0.3) is 0 Å². The molecule has 7 heteroatoms. The number of aliphatic hydroxyl groups is 1. The highest BCUT2D eigenvalue weighted by atomic mass is 16.7. The van der Waals surface area contributed by atoms with Gasteiger partial charge in [-0.25, -0.2) is 4.79 Å². The molecule has 1 N–H and O–H groups in total. The Hall–Kier alpha value is -1.86. The summed E-state index contributed by atoms with van der Waals surface area (Å²) in [5.74, 6) is -1.96. The van der Waals surface area contributed by atoms with Gasteiger partial charge in [0.15, 0.2) is 0 Å². The van der Waals surface area contributed by atoms with E-state index in [2.05, 4.69) is 20.8 Å². The molecule has 0 aromatic rings. The van der Waals surface area contributed by atoms with Crippen molar-refractivity contribution in [2.75, 3.05) is 0 Å². The van der Waals surface area contributed by atoms with Crippen molar-refractivity contribution >= 4 is 11.9 Å². The maximum atomic E-state index is 12.5. The number of carbonyl (C=O) groups is 2. The van der Waals surface area contributed by atoms with Crippen LogP contribution in [0.15, 0.2) is 23.5 Å². The zero-order chi connectivity index (χ0) is 26.6. The average Bonchev–Trinajstić information content (AvgIpc) is 3.28. The van der Waals surface area contributed by atoms with Crippen LogP contribution in [0.4, 0.5) is 0 Å². The van der Waals surface area contributed by atoms with E-state index in [9.17, 15) is 14.7 Å². The molecule has 7 nitrogen and oxygen atoms in total. The van der Waals surface area contributed by atoms with E-state index in [1.54, 1.807) is 0 Å². The fourth-order valence-electron chi connectivity index (χ4n) is 9.18. The number of fused-ring (bicyclic) bond motifs is 4. The van der Waals surface area contributed by atoms with Crippen molar-refractivity contribution in [1.29, 1.82) is 0 Å². The molecule has 1 spiro atoms. The summed E-state index contributed by atoms with van der Waals surface area (Å²) in [6.45, 7) is 12.9. The lowest BCUT2D eigenvalue weighted by Gasteiger charge is -2.51. The van der Waals surface area contributed by atoms with E-state index >= 15 is 0 Å². The van der Waals surface area contributed by atoms with Gasteiger partial charge in [0.25, 0.3) is 0 Å². The molecular weight excluding hydrogens is 472 g/mol.